The zero-order valence-electron chi connectivity index (χ0n) is 13.5. The fourth-order valence-corrected chi connectivity index (χ4v) is 2.60. The maximum Gasteiger partial charge on any atom is 0.274 e. The van der Waals surface area contributed by atoms with E-state index in [4.69, 9.17) is 4.74 Å². The van der Waals surface area contributed by atoms with E-state index in [1.807, 2.05) is 54.6 Å². The van der Waals surface area contributed by atoms with Crippen LogP contribution in [0.25, 0.3) is 0 Å². The van der Waals surface area contributed by atoms with Crippen LogP contribution in [-0.4, -0.2) is 18.0 Å². The molecule has 3 rings (SSSR count). The van der Waals surface area contributed by atoms with Gasteiger partial charge < -0.3 is 15.4 Å². The van der Waals surface area contributed by atoms with Crippen molar-refractivity contribution in [1.82, 2.24) is 4.98 Å². The molecule has 0 saturated carbocycles. The number of hydrogen-bond donors (Lipinski definition) is 2. The van der Waals surface area contributed by atoms with Crippen molar-refractivity contribution in [3.05, 3.63) is 77.0 Å². The summed E-state index contributed by atoms with van der Waals surface area (Å²) in [6.45, 7) is 0. The van der Waals surface area contributed by atoms with Crippen molar-refractivity contribution < 1.29 is 9.53 Å². The molecule has 6 heteroatoms. The lowest BCUT2D eigenvalue weighted by Crippen LogP contribution is -2.13. The quantitative estimate of drug-likeness (QED) is 0.645. The number of halogens is 1. The summed E-state index contributed by atoms with van der Waals surface area (Å²) in [4.78, 5) is 16.5. The number of hydrogen-bond acceptors (Lipinski definition) is 4. The summed E-state index contributed by atoms with van der Waals surface area (Å²) >= 11 is 3.38. The Hall–Kier alpha value is -2.86. The molecule has 5 nitrogen and oxygen atoms in total. The molecule has 1 heterocycles. The van der Waals surface area contributed by atoms with Crippen LogP contribution in [0, 0.1) is 0 Å². The lowest BCUT2D eigenvalue weighted by Gasteiger charge is -2.08. The molecular weight excluding hydrogens is 382 g/mol. The Bertz CT molecular complexity index is 865. The largest absolute Gasteiger partial charge is 0.497 e. The number of rotatable bonds is 5. The van der Waals surface area contributed by atoms with Crippen molar-refractivity contribution in [2.24, 2.45) is 0 Å². The standard InChI is InChI=1S/C19H16BrN3O2/c1-25-17-8-5-14(6-9-17)22-16-7-10-18(21-12-16)19(24)23-15-4-2-3-13(20)11-15/h2-12,22H,1H3,(H,23,24). The molecule has 0 aliphatic rings. The van der Waals surface area contributed by atoms with Gasteiger partial charge in [0, 0.05) is 15.8 Å². The molecule has 0 saturated heterocycles. The molecular formula is C19H16BrN3O2. The van der Waals surface area contributed by atoms with Gasteiger partial charge in [-0.25, -0.2) is 4.98 Å². The fourth-order valence-electron chi connectivity index (χ4n) is 2.20. The fraction of sp³-hybridized carbons (Fsp3) is 0.0526. The Kier molecular flexibility index (Phi) is 5.30. The predicted octanol–water partition coefficient (Wildman–Crippen LogP) is 4.85. The van der Waals surface area contributed by atoms with Gasteiger partial charge in [-0.15, -0.1) is 0 Å². The van der Waals surface area contributed by atoms with E-state index in [1.54, 1.807) is 19.4 Å². The van der Waals surface area contributed by atoms with Gasteiger partial charge in [0.15, 0.2) is 0 Å². The van der Waals surface area contributed by atoms with Crippen molar-refractivity contribution in [3.8, 4) is 5.75 Å². The molecule has 25 heavy (non-hydrogen) atoms. The molecule has 1 aromatic heterocycles. The van der Waals surface area contributed by atoms with Crippen LogP contribution in [0.15, 0.2) is 71.3 Å². The molecule has 2 N–H and O–H groups in total. The van der Waals surface area contributed by atoms with Gasteiger partial charge in [-0.3, -0.25) is 4.79 Å². The van der Waals surface area contributed by atoms with E-state index in [1.165, 1.54) is 0 Å². The minimum Gasteiger partial charge on any atom is -0.497 e. The van der Waals surface area contributed by atoms with E-state index in [-0.39, 0.29) is 5.91 Å². The molecule has 0 unspecified atom stereocenters. The molecule has 0 radical (unpaired) electrons. The Morgan fingerprint density at radius 1 is 1.00 bits per heavy atom. The maximum absolute atomic E-state index is 12.2. The van der Waals surface area contributed by atoms with Gasteiger partial charge in [0.2, 0.25) is 0 Å². The first-order valence-corrected chi connectivity index (χ1v) is 8.37. The third kappa shape index (κ3) is 4.58. The van der Waals surface area contributed by atoms with Crippen LogP contribution < -0.4 is 15.4 Å². The summed E-state index contributed by atoms with van der Waals surface area (Å²) in [5.74, 6) is 0.539. The highest BCUT2D eigenvalue weighted by Gasteiger charge is 2.08. The molecule has 126 valence electrons. The monoisotopic (exact) mass is 397 g/mol. The smallest absolute Gasteiger partial charge is 0.274 e. The summed E-state index contributed by atoms with van der Waals surface area (Å²) in [7, 11) is 1.63. The number of carbonyl (C=O) groups is 1. The van der Waals surface area contributed by atoms with Crippen molar-refractivity contribution in [1.29, 1.82) is 0 Å². The van der Waals surface area contributed by atoms with Gasteiger partial charge in [-0.1, -0.05) is 22.0 Å². The first-order valence-electron chi connectivity index (χ1n) is 7.58. The Balaban J connectivity index is 1.65. The Labute approximate surface area is 154 Å². The zero-order chi connectivity index (χ0) is 17.6. The topological polar surface area (TPSA) is 63.2 Å². The maximum atomic E-state index is 12.2. The number of amides is 1. The molecule has 0 atom stereocenters. The second kappa shape index (κ2) is 7.81. The summed E-state index contributed by atoms with van der Waals surface area (Å²) in [5, 5.41) is 6.04. The van der Waals surface area contributed by atoms with Gasteiger partial charge >= 0.3 is 0 Å². The van der Waals surface area contributed by atoms with Gasteiger partial charge in [-0.2, -0.15) is 0 Å². The number of pyridine rings is 1. The highest BCUT2D eigenvalue weighted by Crippen LogP contribution is 2.20. The number of nitrogens with zero attached hydrogens (tertiary/aromatic N) is 1. The summed E-state index contributed by atoms with van der Waals surface area (Å²) in [5.41, 5.74) is 2.76. The minimum atomic E-state index is -0.255. The number of aromatic nitrogens is 1. The highest BCUT2D eigenvalue weighted by molar-refractivity contribution is 9.10. The van der Waals surface area contributed by atoms with E-state index >= 15 is 0 Å². The predicted molar refractivity (Wildman–Crippen MR) is 103 cm³/mol. The van der Waals surface area contributed by atoms with Gasteiger partial charge in [0.05, 0.1) is 19.0 Å². The molecule has 0 bridgehead atoms. The van der Waals surface area contributed by atoms with Crippen molar-refractivity contribution in [2.75, 3.05) is 17.7 Å². The number of nitrogens with one attached hydrogen (secondary N) is 2. The van der Waals surface area contributed by atoms with Crippen LogP contribution in [-0.2, 0) is 0 Å². The number of carbonyl (C=O) groups excluding carboxylic acids is 1. The number of ether oxygens (including phenoxy) is 1. The number of anilines is 3. The average Bonchev–Trinajstić information content (AvgIpc) is 2.63. The van der Waals surface area contributed by atoms with E-state index in [0.29, 0.717) is 11.4 Å². The lowest BCUT2D eigenvalue weighted by atomic mass is 10.2. The van der Waals surface area contributed by atoms with Crippen LogP contribution in [0.4, 0.5) is 17.1 Å². The van der Waals surface area contributed by atoms with E-state index in [9.17, 15) is 4.79 Å². The highest BCUT2D eigenvalue weighted by atomic mass is 79.9. The minimum absolute atomic E-state index is 0.255. The second-order valence-electron chi connectivity index (χ2n) is 5.25. The van der Waals surface area contributed by atoms with Crippen LogP contribution >= 0.6 is 15.9 Å². The third-order valence-corrected chi connectivity index (χ3v) is 3.95. The summed E-state index contributed by atoms with van der Waals surface area (Å²) in [6.07, 6.45) is 1.63. The average molecular weight is 398 g/mol. The van der Waals surface area contributed by atoms with Gasteiger partial charge in [0.25, 0.3) is 5.91 Å². The van der Waals surface area contributed by atoms with E-state index in [0.717, 1.165) is 21.6 Å². The molecule has 3 aromatic rings. The normalized spacial score (nSPS) is 10.2. The summed E-state index contributed by atoms with van der Waals surface area (Å²) in [6, 6.07) is 18.5. The SMILES string of the molecule is COc1ccc(Nc2ccc(C(=O)Nc3cccc(Br)c3)nc2)cc1. The molecule has 1 amide bonds. The van der Waals surface area contributed by atoms with E-state index < -0.39 is 0 Å². The van der Waals surface area contributed by atoms with Crippen LogP contribution in [0.5, 0.6) is 5.75 Å². The van der Waals surface area contributed by atoms with Crippen LogP contribution in [0.1, 0.15) is 10.5 Å². The van der Waals surface area contributed by atoms with Crippen molar-refractivity contribution in [3.63, 3.8) is 0 Å². The first kappa shape index (κ1) is 17.0. The molecule has 0 aliphatic carbocycles. The van der Waals surface area contributed by atoms with Gasteiger partial charge in [0.1, 0.15) is 11.4 Å². The lowest BCUT2D eigenvalue weighted by molar-refractivity contribution is 0.102. The summed E-state index contributed by atoms with van der Waals surface area (Å²) < 4.78 is 6.03. The molecule has 0 aliphatic heterocycles. The zero-order valence-corrected chi connectivity index (χ0v) is 15.1. The van der Waals surface area contributed by atoms with Crippen molar-refractivity contribution >= 4 is 38.9 Å². The van der Waals surface area contributed by atoms with Crippen LogP contribution in [0.2, 0.25) is 0 Å². The number of methoxy groups -OCH3 is 1. The van der Waals surface area contributed by atoms with Gasteiger partial charge in [-0.05, 0) is 54.6 Å². The van der Waals surface area contributed by atoms with E-state index in [2.05, 4.69) is 31.5 Å². The molecule has 0 fully saturated rings. The van der Waals surface area contributed by atoms with Crippen molar-refractivity contribution in [2.45, 2.75) is 0 Å². The second-order valence-corrected chi connectivity index (χ2v) is 6.17. The Morgan fingerprint density at radius 2 is 1.76 bits per heavy atom. The third-order valence-electron chi connectivity index (χ3n) is 3.46. The molecule has 0 spiro atoms. The Morgan fingerprint density at radius 3 is 2.40 bits per heavy atom. The number of benzene rings is 2. The first-order chi connectivity index (χ1) is 12.1. The molecule has 2 aromatic carbocycles. The van der Waals surface area contributed by atoms with Crippen LogP contribution in [0.3, 0.4) is 0 Å².